The molecule has 8 nitrogen and oxygen atoms in total. The largest absolute Gasteiger partial charge is 0.453 e. The van der Waals surface area contributed by atoms with Crippen molar-refractivity contribution >= 4 is 11.7 Å². The lowest BCUT2D eigenvalue weighted by Crippen LogP contribution is -2.10. The number of nitrogens with zero attached hydrogens (tertiary/aromatic N) is 3. The number of aryl methyl sites for hydroxylation is 1. The van der Waals surface area contributed by atoms with Gasteiger partial charge >= 0.3 is 5.97 Å². The number of hydrogen-bond acceptors (Lipinski definition) is 7. The lowest BCUT2D eigenvalue weighted by atomic mass is 10.1. The summed E-state index contributed by atoms with van der Waals surface area (Å²) in [6, 6.07) is 11.5. The van der Waals surface area contributed by atoms with Crippen LogP contribution in [0.1, 0.15) is 30.9 Å². The average molecular weight is 385 g/mol. The predicted molar refractivity (Wildman–Crippen MR) is 95.6 cm³/mol. The van der Waals surface area contributed by atoms with E-state index in [0.717, 1.165) is 5.56 Å². The van der Waals surface area contributed by atoms with E-state index < -0.39 is 17.0 Å². The average Bonchev–Trinajstić information content (AvgIpc) is 3.18. The summed E-state index contributed by atoms with van der Waals surface area (Å²) >= 11 is 0. The molecule has 0 N–H and O–H groups in total. The van der Waals surface area contributed by atoms with Crippen molar-refractivity contribution < 1.29 is 23.3 Å². The Kier molecular flexibility index (Phi) is 5.73. The molecular weight excluding hydrogens is 369 g/mol. The lowest BCUT2D eigenvalue weighted by Gasteiger charge is -2.09. The van der Waals surface area contributed by atoms with Crippen molar-refractivity contribution in [1.29, 1.82) is 0 Å². The summed E-state index contributed by atoms with van der Waals surface area (Å²) in [5.74, 6) is -0.505. The number of carbonyl (C=O) groups is 1. The molecule has 0 unspecified atom stereocenters. The smallest absolute Gasteiger partial charge is 0.306 e. The van der Waals surface area contributed by atoms with Gasteiger partial charge in [-0.3, -0.25) is 14.9 Å². The topological polar surface area (TPSA) is 108 Å². The first kappa shape index (κ1) is 19.2. The molecule has 0 radical (unpaired) electrons. The maximum atomic E-state index is 12.9. The molecule has 0 aliphatic rings. The molecule has 3 rings (SSSR count). The van der Waals surface area contributed by atoms with Crippen molar-refractivity contribution in [1.82, 2.24) is 10.2 Å². The van der Waals surface area contributed by atoms with Crippen LogP contribution in [0.25, 0.3) is 11.5 Å². The Labute approximate surface area is 159 Å². The predicted octanol–water partition coefficient (Wildman–Crippen LogP) is 4.02. The summed E-state index contributed by atoms with van der Waals surface area (Å²) in [5.41, 5.74) is 1.29. The molecule has 0 aliphatic carbocycles. The van der Waals surface area contributed by atoms with Crippen molar-refractivity contribution in [2.75, 3.05) is 0 Å². The fourth-order valence-corrected chi connectivity index (χ4v) is 2.45. The summed E-state index contributed by atoms with van der Waals surface area (Å²) in [6.45, 7) is 1.60. The summed E-state index contributed by atoms with van der Waals surface area (Å²) in [4.78, 5) is 22.2. The Morgan fingerprint density at radius 3 is 2.50 bits per heavy atom. The van der Waals surface area contributed by atoms with Gasteiger partial charge in [0.15, 0.2) is 6.10 Å². The number of nitro groups is 1. The lowest BCUT2D eigenvalue weighted by molar-refractivity contribution is -0.384. The van der Waals surface area contributed by atoms with E-state index in [1.54, 1.807) is 19.1 Å². The summed E-state index contributed by atoms with van der Waals surface area (Å²) in [5, 5.41) is 18.4. The molecular formula is C19H16FN3O5. The molecule has 0 aliphatic heterocycles. The highest BCUT2D eigenvalue weighted by Crippen LogP contribution is 2.24. The second-order valence-electron chi connectivity index (χ2n) is 6.01. The summed E-state index contributed by atoms with van der Waals surface area (Å²) in [6.07, 6.45) is -0.205. The summed E-state index contributed by atoms with van der Waals surface area (Å²) < 4.78 is 23.7. The van der Waals surface area contributed by atoms with Crippen LogP contribution in [0.15, 0.2) is 52.9 Å². The fraction of sp³-hybridized carbons (Fsp3) is 0.211. The van der Waals surface area contributed by atoms with Crippen LogP contribution in [-0.2, 0) is 16.0 Å². The summed E-state index contributed by atoms with van der Waals surface area (Å²) in [7, 11) is 0. The molecule has 2 aromatic carbocycles. The molecule has 3 aromatic rings. The molecule has 28 heavy (non-hydrogen) atoms. The van der Waals surface area contributed by atoms with Crippen LogP contribution in [0, 0.1) is 15.9 Å². The van der Waals surface area contributed by atoms with Crippen LogP contribution in [0.3, 0.4) is 0 Å². The van der Waals surface area contributed by atoms with Gasteiger partial charge in [-0.25, -0.2) is 4.39 Å². The molecule has 144 valence electrons. The second kappa shape index (κ2) is 8.38. The van der Waals surface area contributed by atoms with Crippen LogP contribution < -0.4 is 0 Å². The normalized spacial score (nSPS) is 11.8. The highest BCUT2D eigenvalue weighted by Gasteiger charge is 2.19. The minimum Gasteiger partial charge on any atom is -0.453 e. The van der Waals surface area contributed by atoms with Gasteiger partial charge in [0.1, 0.15) is 5.82 Å². The number of carbonyl (C=O) groups excluding carboxylic acids is 1. The van der Waals surface area contributed by atoms with Crippen LogP contribution in [0.5, 0.6) is 0 Å². The van der Waals surface area contributed by atoms with Crippen LogP contribution in [-0.4, -0.2) is 21.1 Å². The van der Waals surface area contributed by atoms with Crippen molar-refractivity contribution in [2.24, 2.45) is 0 Å². The van der Waals surface area contributed by atoms with Crippen molar-refractivity contribution in [3.05, 3.63) is 75.9 Å². The van der Waals surface area contributed by atoms with Gasteiger partial charge in [0.25, 0.3) is 11.6 Å². The third-order valence-corrected chi connectivity index (χ3v) is 3.95. The molecule has 0 saturated carbocycles. The highest BCUT2D eigenvalue weighted by atomic mass is 19.1. The van der Waals surface area contributed by atoms with Crippen LogP contribution in [0.4, 0.5) is 10.1 Å². The Bertz CT molecular complexity index is 970. The van der Waals surface area contributed by atoms with Crippen molar-refractivity contribution in [3.63, 3.8) is 0 Å². The van der Waals surface area contributed by atoms with Crippen molar-refractivity contribution in [2.45, 2.75) is 25.9 Å². The first-order valence-electron chi connectivity index (χ1n) is 8.44. The van der Waals surface area contributed by atoms with Gasteiger partial charge in [-0.1, -0.05) is 12.1 Å². The molecule has 9 heteroatoms. The number of rotatable bonds is 7. The number of benzene rings is 2. The number of esters is 1. The van der Waals surface area contributed by atoms with E-state index in [4.69, 9.17) is 9.15 Å². The molecule has 1 atom stereocenters. The first-order valence-corrected chi connectivity index (χ1v) is 8.44. The van der Waals surface area contributed by atoms with Crippen LogP contribution >= 0.6 is 0 Å². The van der Waals surface area contributed by atoms with Gasteiger partial charge in [0.05, 0.1) is 4.92 Å². The van der Waals surface area contributed by atoms with E-state index in [1.165, 1.54) is 36.4 Å². The van der Waals surface area contributed by atoms with E-state index in [-0.39, 0.29) is 29.7 Å². The third-order valence-electron chi connectivity index (χ3n) is 3.95. The zero-order valence-electron chi connectivity index (χ0n) is 14.9. The minimum absolute atomic E-state index is 0.0491. The van der Waals surface area contributed by atoms with E-state index in [1.807, 2.05) is 0 Å². The van der Waals surface area contributed by atoms with Crippen LogP contribution in [0.2, 0.25) is 0 Å². The van der Waals surface area contributed by atoms with Gasteiger partial charge in [-0.05, 0) is 43.2 Å². The van der Waals surface area contributed by atoms with E-state index in [2.05, 4.69) is 10.2 Å². The molecule has 0 amide bonds. The second-order valence-corrected chi connectivity index (χ2v) is 6.01. The first-order chi connectivity index (χ1) is 13.4. The molecule has 1 aromatic heterocycles. The zero-order chi connectivity index (χ0) is 20.1. The SMILES string of the molecule is C[C@@H](OC(=O)CCc1ccc(F)cc1)c1nnc(-c2ccc([N+](=O)[O-])cc2)o1. The number of ether oxygens (including phenoxy) is 1. The number of non-ortho nitro benzene ring substituents is 1. The van der Waals surface area contributed by atoms with Crippen molar-refractivity contribution in [3.8, 4) is 11.5 Å². The van der Waals surface area contributed by atoms with Gasteiger partial charge in [0, 0.05) is 24.1 Å². The van der Waals surface area contributed by atoms with E-state index in [9.17, 15) is 19.3 Å². The van der Waals surface area contributed by atoms with E-state index in [0.29, 0.717) is 12.0 Å². The minimum atomic E-state index is -0.750. The molecule has 1 heterocycles. The molecule has 0 bridgehead atoms. The van der Waals surface area contributed by atoms with Gasteiger partial charge in [-0.2, -0.15) is 0 Å². The Hall–Kier alpha value is -3.62. The van der Waals surface area contributed by atoms with Gasteiger partial charge in [-0.15, -0.1) is 10.2 Å². The number of halogens is 1. The van der Waals surface area contributed by atoms with Gasteiger partial charge < -0.3 is 9.15 Å². The number of nitro benzene ring substituents is 1. The Balaban J connectivity index is 1.57. The molecule has 0 spiro atoms. The maximum Gasteiger partial charge on any atom is 0.306 e. The molecule has 0 fully saturated rings. The van der Waals surface area contributed by atoms with E-state index >= 15 is 0 Å². The number of aromatic nitrogens is 2. The fourth-order valence-electron chi connectivity index (χ4n) is 2.45. The monoisotopic (exact) mass is 385 g/mol. The maximum absolute atomic E-state index is 12.9. The zero-order valence-corrected chi connectivity index (χ0v) is 14.9. The number of hydrogen-bond donors (Lipinski definition) is 0. The standard InChI is InChI=1S/C19H16FN3O5/c1-12(27-17(24)11-4-13-2-7-15(20)8-3-13)18-21-22-19(28-18)14-5-9-16(10-6-14)23(25)26/h2-3,5-10,12H,4,11H2,1H3/t12-/m1/s1. The van der Waals surface area contributed by atoms with Gasteiger partial charge in [0.2, 0.25) is 5.89 Å². The highest BCUT2D eigenvalue weighted by molar-refractivity contribution is 5.70. The molecule has 0 saturated heterocycles. The Morgan fingerprint density at radius 2 is 1.86 bits per heavy atom. The third kappa shape index (κ3) is 4.76. The Morgan fingerprint density at radius 1 is 1.18 bits per heavy atom. The quantitative estimate of drug-likeness (QED) is 0.343.